The maximum Gasteiger partial charge on any atom is 0.342 e. The largest absolute Gasteiger partial charge is 0.431 e. The molecule has 1 aromatic rings. The molecule has 1 aromatic carbocycles. The van der Waals surface area contributed by atoms with Crippen molar-refractivity contribution in [2.24, 2.45) is 0 Å². The Morgan fingerprint density at radius 3 is 2.69 bits per heavy atom. The van der Waals surface area contributed by atoms with Crippen molar-refractivity contribution in [1.29, 1.82) is 0 Å². The molecule has 0 amide bonds. The maximum absolute atomic E-state index is 11.2. The predicted octanol–water partition coefficient (Wildman–Crippen LogP) is 2.75. The highest BCUT2D eigenvalue weighted by Gasteiger charge is 2.02. The lowest BCUT2D eigenvalue weighted by molar-refractivity contribution is 0.0663. The Bertz CT molecular complexity index is 293. The van der Waals surface area contributed by atoms with Crippen LogP contribution in [0.2, 0.25) is 0 Å². The molecule has 0 radical (unpaired) electrons. The van der Waals surface area contributed by atoms with E-state index in [1.54, 1.807) is 30.3 Å². The normalized spacial score (nSPS) is 10.2. The van der Waals surface area contributed by atoms with Crippen molar-refractivity contribution in [3.05, 3.63) is 48.2 Å². The van der Waals surface area contributed by atoms with Gasteiger partial charge in [0.05, 0.1) is 11.8 Å². The molecule has 0 fully saturated rings. The minimum atomic E-state index is -0.335. The highest BCUT2D eigenvalue weighted by atomic mass is 79.9. The SMILES string of the molecule is O=C(OC=CCBr)c1ccccc1. The molecule has 0 atom stereocenters. The lowest BCUT2D eigenvalue weighted by Crippen LogP contribution is -1.99. The van der Waals surface area contributed by atoms with Crippen molar-refractivity contribution in [2.45, 2.75) is 0 Å². The van der Waals surface area contributed by atoms with Crippen molar-refractivity contribution >= 4 is 21.9 Å². The van der Waals surface area contributed by atoms with Gasteiger partial charge in [-0.1, -0.05) is 34.1 Å². The fraction of sp³-hybridized carbons (Fsp3) is 0.100. The van der Waals surface area contributed by atoms with Gasteiger partial charge in [-0.2, -0.15) is 0 Å². The number of esters is 1. The quantitative estimate of drug-likeness (QED) is 0.462. The van der Waals surface area contributed by atoms with Gasteiger partial charge in [0.2, 0.25) is 0 Å². The standard InChI is InChI=1S/C10H9BrO2/c11-7-4-8-13-10(12)9-5-2-1-3-6-9/h1-6,8H,7H2. The first kappa shape index (κ1) is 9.99. The van der Waals surface area contributed by atoms with E-state index in [-0.39, 0.29) is 5.97 Å². The highest BCUT2D eigenvalue weighted by Crippen LogP contribution is 2.01. The smallest absolute Gasteiger partial charge is 0.342 e. The molecule has 0 heterocycles. The molecule has 0 saturated heterocycles. The summed E-state index contributed by atoms with van der Waals surface area (Å²) >= 11 is 3.18. The zero-order valence-electron chi connectivity index (χ0n) is 6.94. The van der Waals surface area contributed by atoms with Gasteiger partial charge in [0.15, 0.2) is 0 Å². The van der Waals surface area contributed by atoms with E-state index in [0.29, 0.717) is 10.9 Å². The zero-order chi connectivity index (χ0) is 9.52. The van der Waals surface area contributed by atoms with Crippen LogP contribution in [0.3, 0.4) is 0 Å². The van der Waals surface area contributed by atoms with Gasteiger partial charge in [-0.3, -0.25) is 0 Å². The molecule has 0 aliphatic carbocycles. The molecule has 0 unspecified atom stereocenters. The number of alkyl halides is 1. The van der Waals surface area contributed by atoms with Gasteiger partial charge >= 0.3 is 5.97 Å². The molecule has 0 spiro atoms. The molecule has 0 aromatic heterocycles. The Morgan fingerprint density at radius 1 is 1.38 bits per heavy atom. The third-order valence-electron chi connectivity index (χ3n) is 1.37. The van der Waals surface area contributed by atoms with E-state index in [9.17, 15) is 4.79 Å². The first-order valence-electron chi connectivity index (χ1n) is 3.81. The number of benzene rings is 1. The van der Waals surface area contributed by atoms with Gasteiger partial charge in [0.25, 0.3) is 0 Å². The van der Waals surface area contributed by atoms with Crippen LogP contribution in [0.4, 0.5) is 0 Å². The third-order valence-corrected chi connectivity index (χ3v) is 1.74. The summed E-state index contributed by atoms with van der Waals surface area (Å²) in [6, 6.07) is 8.87. The van der Waals surface area contributed by atoms with Crippen molar-refractivity contribution < 1.29 is 9.53 Å². The summed E-state index contributed by atoms with van der Waals surface area (Å²) in [6.07, 6.45) is 3.09. The molecule has 2 nitrogen and oxygen atoms in total. The van der Waals surface area contributed by atoms with E-state index in [0.717, 1.165) is 0 Å². The number of carbonyl (C=O) groups is 1. The summed E-state index contributed by atoms with van der Waals surface area (Å²) in [5, 5.41) is 0.676. The van der Waals surface area contributed by atoms with Crippen molar-refractivity contribution in [3.8, 4) is 0 Å². The molecular weight excluding hydrogens is 232 g/mol. The lowest BCUT2D eigenvalue weighted by Gasteiger charge is -1.97. The average Bonchev–Trinajstić information content (AvgIpc) is 2.19. The predicted molar refractivity (Wildman–Crippen MR) is 54.8 cm³/mol. The molecular formula is C10H9BrO2. The van der Waals surface area contributed by atoms with E-state index >= 15 is 0 Å². The van der Waals surface area contributed by atoms with E-state index < -0.39 is 0 Å². The lowest BCUT2D eigenvalue weighted by atomic mass is 10.2. The summed E-state index contributed by atoms with van der Waals surface area (Å²) in [6.45, 7) is 0. The van der Waals surface area contributed by atoms with Crippen LogP contribution in [0.25, 0.3) is 0 Å². The number of allylic oxidation sites excluding steroid dienone is 1. The molecule has 68 valence electrons. The summed E-state index contributed by atoms with van der Waals surface area (Å²) in [4.78, 5) is 11.2. The van der Waals surface area contributed by atoms with Crippen molar-refractivity contribution in [1.82, 2.24) is 0 Å². The van der Waals surface area contributed by atoms with Crippen LogP contribution >= 0.6 is 15.9 Å². The maximum atomic E-state index is 11.2. The Morgan fingerprint density at radius 2 is 2.08 bits per heavy atom. The molecule has 0 N–H and O–H groups in total. The number of hydrogen-bond acceptors (Lipinski definition) is 2. The summed E-state index contributed by atoms with van der Waals surface area (Å²) in [7, 11) is 0. The Balaban J connectivity index is 2.54. The molecule has 0 aliphatic heterocycles. The number of rotatable bonds is 3. The van der Waals surface area contributed by atoms with Crippen LogP contribution in [-0.2, 0) is 4.74 Å². The minimum absolute atomic E-state index is 0.335. The van der Waals surface area contributed by atoms with Gasteiger partial charge in [-0.05, 0) is 18.2 Å². The third kappa shape index (κ3) is 3.42. The summed E-state index contributed by atoms with van der Waals surface area (Å²) < 4.78 is 4.82. The first-order chi connectivity index (χ1) is 6.34. The molecule has 13 heavy (non-hydrogen) atoms. The molecule has 0 bridgehead atoms. The Labute approximate surface area is 85.3 Å². The number of halogens is 1. The molecule has 1 rings (SSSR count). The zero-order valence-corrected chi connectivity index (χ0v) is 8.53. The second-order valence-electron chi connectivity index (χ2n) is 2.30. The monoisotopic (exact) mass is 240 g/mol. The minimum Gasteiger partial charge on any atom is -0.431 e. The van der Waals surface area contributed by atoms with Crippen LogP contribution in [0.1, 0.15) is 10.4 Å². The average molecular weight is 241 g/mol. The van der Waals surface area contributed by atoms with Crippen LogP contribution in [0.5, 0.6) is 0 Å². The van der Waals surface area contributed by atoms with E-state index in [2.05, 4.69) is 15.9 Å². The van der Waals surface area contributed by atoms with Gasteiger partial charge in [-0.15, -0.1) is 0 Å². The van der Waals surface area contributed by atoms with E-state index in [4.69, 9.17) is 4.74 Å². The van der Waals surface area contributed by atoms with Gasteiger partial charge < -0.3 is 4.74 Å². The molecule has 3 heteroatoms. The first-order valence-corrected chi connectivity index (χ1v) is 4.93. The molecule has 0 aliphatic rings. The second-order valence-corrected chi connectivity index (χ2v) is 2.94. The summed E-state index contributed by atoms with van der Waals surface area (Å²) in [5.41, 5.74) is 0.557. The van der Waals surface area contributed by atoms with Gasteiger partial charge in [-0.25, -0.2) is 4.79 Å². The fourth-order valence-electron chi connectivity index (χ4n) is 0.789. The number of hydrogen-bond donors (Lipinski definition) is 0. The Hall–Kier alpha value is -1.09. The molecule has 0 saturated carbocycles. The Kier molecular flexibility index (Phi) is 4.26. The van der Waals surface area contributed by atoms with Crippen LogP contribution < -0.4 is 0 Å². The van der Waals surface area contributed by atoms with Crippen LogP contribution in [0.15, 0.2) is 42.7 Å². The van der Waals surface area contributed by atoms with Crippen LogP contribution in [-0.4, -0.2) is 11.3 Å². The van der Waals surface area contributed by atoms with Crippen LogP contribution in [0, 0.1) is 0 Å². The topological polar surface area (TPSA) is 26.3 Å². The van der Waals surface area contributed by atoms with E-state index in [1.807, 2.05) is 6.07 Å². The summed E-state index contributed by atoms with van der Waals surface area (Å²) in [5.74, 6) is -0.335. The van der Waals surface area contributed by atoms with Gasteiger partial charge in [0, 0.05) is 5.33 Å². The highest BCUT2D eigenvalue weighted by molar-refractivity contribution is 9.09. The fourth-order valence-corrected chi connectivity index (χ4v) is 0.941. The second kappa shape index (κ2) is 5.54. The van der Waals surface area contributed by atoms with E-state index in [1.165, 1.54) is 6.26 Å². The number of carbonyl (C=O) groups excluding carboxylic acids is 1. The van der Waals surface area contributed by atoms with Crippen molar-refractivity contribution in [3.63, 3.8) is 0 Å². The van der Waals surface area contributed by atoms with Crippen molar-refractivity contribution in [2.75, 3.05) is 5.33 Å². The van der Waals surface area contributed by atoms with Gasteiger partial charge in [0.1, 0.15) is 0 Å². The number of ether oxygens (including phenoxy) is 1.